The van der Waals surface area contributed by atoms with E-state index in [1.54, 1.807) is 11.8 Å². The molecule has 1 N–H and O–H groups in total. The van der Waals surface area contributed by atoms with Gasteiger partial charge >= 0.3 is 0 Å². The summed E-state index contributed by atoms with van der Waals surface area (Å²) in [4.78, 5) is 14.2. The van der Waals surface area contributed by atoms with E-state index in [2.05, 4.69) is 36.5 Å². The molecule has 0 bridgehead atoms. The van der Waals surface area contributed by atoms with Gasteiger partial charge in [0.25, 0.3) is 0 Å². The van der Waals surface area contributed by atoms with Crippen LogP contribution in [0.25, 0.3) is 0 Å². The summed E-state index contributed by atoms with van der Waals surface area (Å²) in [5.74, 6) is 1.78. The van der Waals surface area contributed by atoms with Gasteiger partial charge in [-0.05, 0) is 32.4 Å². The van der Waals surface area contributed by atoms with Crippen molar-refractivity contribution in [2.24, 2.45) is 0 Å². The quantitative estimate of drug-likeness (QED) is 0.902. The number of likely N-dealkylation sites (tertiary alicyclic amines) is 1. The van der Waals surface area contributed by atoms with E-state index in [4.69, 9.17) is 0 Å². The Morgan fingerprint density at radius 2 is 2.29 bits per heavy atom. The van der Waals surface area contributed by atoms with Gasteiger partial charge in [0, 0.05) is 24.9 Å². The maximum atomic E-state index is 12.2. The highest BCUT2D eigenvalue weighted by Gasteiger charge is 2.22. The third kappa shape index (κ3) is 5.89. The van der Waals surface area contributed by atoms with Gasteiger partial charge in [0.05, 0.1) is 5.75 Å². The van der Waals surface area contributed by atoms with E-state index in [1.165, 1.54) is 17.5 Å². The first-order chi connectivity index (χ1) is 9.69. The summed E-state index contributed by atoms with van der Waals surface area (Å²) < 4.78 is 0. The Labute approximate surface area is 138 Å². The van der Waals surface area contributed by atoms with Crippen LogP contribution >= 0.6 is 24.2 Å². The molecule has 2 rings (SSSR count). The lowest BCUT2D eigenvalue weighted by Gasteiger charge is -2.32. The molecule has 0 aliphatic carbocycles. The molecule has 0 radical (unpaired) electrons. The maximum Gasteiger partial charge on any atom is 0.232 e. The number of likely N-dealkylation sites (N-methyl/N-ethyl adjacent to an activating group) is 1. The number of thioether (sulfide) groups is 1. The number of benzene rings is 1. The Balaban J connectivity index is 0.00000220. The monoisotopic (exact) mass is 328 g/mol. The number of carbonyl (C=O) groups excluding carboxylic acids is 1. The van der Waals surface area contributed by atoms with Crippen molar-refractivity contribution >= 4 is 30.1 Å². The number of halogens is 1. The largest absolute Gasteiger partial charge is 0.340 e. The van der Waals surface area contributed by atoms with Crippen molar-refractivity contribution in [1.29, 1.82) is 0 Å². The first-order valence-corrected chi connectivity index (χ1v) is 8.43. The molecule has 1 heterocycles. The van der Waals surface area contributed by atoms with Crippen molar-refractivity contribution in [3.05, 3.63) is 35.4 Å². The molecule has 0 saturated carbocycles. The lowest BCUT2D eigenvalue weighted by atomic mass is 10.1. The molecule has 1 aliphatic rings. The predicted octanol–water partition coefficient (Wildman–Crippen LogP) is 2.86. The standard InChI is InChI=1S/C16H24N2OS.ClH/c1-13-5-3-6-14(9-13)11-20-12-16(19)18-8-4-7-15(10-18)17-2;/h3,5-6,9,15,17H,4,7-8,10-12H2,1-2H3;1H. The second-order valence-corrected chi connectivity index (χ2v) is 6.44. The summed E-state index contributed by atoms with van der Waals surface area (Å²) in [5, 5.41) is 3.28. The SMILES string of the molecule is CNC1CCCN(C(=O)CSCc2cccc(C)c2)C1.Cl. The van der Waals surface area contributed by atoms with Gasteiger partial charge in [0.1, 0.15) is 0 Å². The van der Waals surface area contributed by atoms with Gasteiger partial charge in [-0.15, -0.1) is 24.2 Å². The minimum absolute atomic E-state index is 0. The molecule has 118 valence electrons. The van der Waals surface area contributed by atoms with Crippen LogP contribution in [0, 0.1) is 6.92 Å². The zero-order chi connectivity index (χ0) is 14.4. The van der Waals surface area contributed by atoms with Gasteiger partial charge in [0.2, 0.25) is 5.91 Å². The number of piperidine rings is 1. The molecule has 1 unspecified atom stereocenters. The summed E-state index contributed by atoms with van der Waals surface area (Å²) >= 11 is 1.71. The van der Waals surface area contributed by atoms with Crippen LogP contribution in [0.2, 0.25) is 0 Å². The topological polar surface area (TPSA) is 32.3 Å². The van der Waals surface area contributed by atoms with Crippen molar-refractivity contribution in [3.63, 3.8) is 0 Å². The number of aryl methyl sites for hydroxylation is 1. The van der Waals surface area contributed by atoms with Gasteiger partial charge < -0.3 is 10.2 Å². The van der Waals surface area contributed by atoms with E-state index in [0.717, 1.165) is 25.3 Å². The van der Waals surface area contributed by atoms with Crippen LogP contribution in [-0.2, 0) is 10.5 Å². The average molecular weight is 329 g/mol. The molecule has 1 aliphatic heterocycles. The molecule has 1 aromatic carbocycles. The number of carbonyl (C=O) groups is 1. The van der Waals surface area contributed by atoms with Crippen molar-refractivity contribution in [1.82, 2.24) is 10.2 Å². The fraction of sp³-hybridized carbons (Fsp3) is 0.562. The Hall–Kier alpha value is -0.710. The van der Waals surface area contributed by atoms with Crippen LogP contribution in [0.4, 0.5) is 0 Å². The van der Waals surface area contributed by atoms with Gasteiger partial charge in [0.15, 0.2) is 0 Å². The van der Waals surface area contributed by atoms with E-state index >= 15 is 0 Å². The molecule has 1 amide bonds. The van der Waals surface area contributed by atoms with Crippen molar-refractivity contribution in [3.8, 4) is 0 Å². The summed E-state index contributed by atoms with van der Waals surface area (Å²) in [6, 6.07) is 8.97. The highest BCUT2D eigenvalue weighted by molar-refractivity contribution is 7.99. The Bertz CT molecular complexity index is 456. The second-order valence-electron chi connectivity index (χ2n) is 5.45. The summed E-state index contributed by atoms with van der Waals surface area (Å²) in [6.45, 7) is 3.88. The van der Waals surface area contributed by atoms with Gasteiger partial charge in [-0.3, -0.25) is 4.79 Å². The first kappa shape index (κ1) is 18.3. The van der Waals surface area contributed by atoms with Gasteiger partial charge in [-0.2, -0.15) is 0 Å². The van der Waals surface area contributed by atoms with E-state index in [0.29, 0.717) is 11.8 Å². The maximum absolute atomic E-state index is 12.2. The number of nitrogens with one attached hydrogen (secondary N) is 1. The molecular weight excluding hydrogens is 304 g/mol. The molecule has 0 aromatic heterocycles. The van der Waals surface area contributed by atoms with Crippen molar-refractivity contribution in [2.75, 3.05) is 25.9 Å². The number of amides is 1. The van der Waals surface area contributed by atoms with Crippen LogP contribution in [0.3, 0.4) is 0 Å². The number of rotatable bonds is 5. The molecule has 3 nitrogen and oxygen atoms in total. The minimum Gasteiger partial charge on any atom is -0.340 e. The number of nitrogens with zero attached hydrogens (tertiary/aromatic N) is 1. The Kier molecular flexibility index (Phi) is 8.15. The molecule has 1 atom stereocenters. The fourth-order valence-corrected chi connectivity index (χ4v) is 3.46. The zero-order valence-electron chi connectivity index (χ0n) is 12.8. The highest BCUT2D eigenvalue weighted by Crippen LogP contribution is 2.16. The summed E-state index contributed by atoms with van der Waals surface area (Å²) in [6.07, 6.45) is 2.29. The van der Waals surface area contributed by atoms with Crippen LogP contribution in [0.5, 0.6) is 0 Å². The van der Waals surface area contributed by atoms with E-state index in [-0.39, 0.29) is 18.3 Å². The van der Waals surface area contributed by atoms with E-state index in [9.17, 15) is 4.79 Å². The zero-order valence-corrected chi connectivity index (χ0v) is 14.4. The Morgan fingerprint density at radius 1 is 1.48 bits per heavy atom. The smallest absolute Gasteiger partial charge is 0.232 e. The van der Waals surface area contributed by atoms with E-state index < -0.39 is 0 Å². The lowest BCUT2D eigenvalue weighted by Crippen LogP contribution is -2.47. The molecule has 1 fully saturated rings. The molecular formula is C16H25ClN2OS. The van der Waals surface area contributed by atoms with Crippen LogP contribution in [0.15, 0.2) is 24.3 Å². The normalized spacial score (nSPS) is 18.2. The average Bonchev–Trinajstić information content (AvgIpc) is 2.47. The van der Waals surface area contributed by atoms with Crippen LogP contribution < -0.4 is 5.32 Å². The minimum atomic E-state index is 0. The number of hydrogen-bond acceptors (Lipinski definition) is 3. The van der Waals surface area contributed by atoms with Crippen molar-refractivity contribution < 1.29 is 4.79 Å². The number of hydrogen-bond donors (Lipinski definition) is 1. The van der Waals surface area contributed by atoms with Gasteiger partial charge in [-0.25, -0.2) is 0 Å². The first-order valence-electron chi connectivity index (χ1n) is 7.27. The lowest BCUT2D eigenvalue weighted by molar-refractivity contribution is -0.129. The van der Waals surface area contributed by atoms with Crippen LogP contribution in [0.1, 0.15) is 24.0 Å². The molecule has 1 aromatic rings. The highest BCUT2D eigenvalue weighted by atomic mass is 35.5. The predicted molar refractivity (Wildman–Crippen MR) is 93.3 cm³/mol. The molecule has 5 heteroatoms. The fourth-order valence-electron chi connectivity index (χ4n) is 2.59. The molecule has 1 saturated heterocycles. The van der Waals surface area contributed by atoms with E-state index in [1.807, 2.05) is 11.9 Å². The van der Waals surface area contributed by atoms with Crippen molar-refractivity contribution in [2.45, 2.75) is 31.6 Å². The third-order valence-electron chi connectivity index (χ3n) is 3.76. The third-order valence-corrected chi connectivity index (χ3v) is 4.75. The summed E-state index contributed by atoms with van der Waals surface area (Å²) in [7, 11) is 1.98. The molecule has 21 heavy (non-hydrogen) atoms. The van der Waals surface area contributed by atoms with Crippen LogP contribution in [-0.4, -0.2) is 42.7 Å². The second kappa shape index (κ2) is 9.34. The Morgan fingerprint density at radius 3 is 3.00 bits per heavy atom. The molecule has 0 spiro atoms. The van der Waals surface area contributed by atoms with Gasteiger partial charge in [-0.1, -0.05) is 29.8 Å². The summed E-state index contributed by atoms with van der Waals surface area (Å²) in [5.41, 5.74) is 2.58.